The maximum absolute atomic E-state index is 5.97. The van der Waals surface area contributed by atoms with Gasteiger partial charge in [-0.3, -0.25) is 0 Å². The van der Waals surface area contributed by atoms with Crippen LogP contribution in [0.5, 0.6) is 5.75 Å². The van der Waals surface area contributed by atoms with Gasteiger partial charge in [-0.05, 0) is 37.6 Å². The predicted octanol–water partition coefficient (Wildman–Crippen LogP) is 2.98. The highest BCUT2D eigenvalue weighted by Crippen LogP contribution is 2.32. The number of ether oxygens (including phenoxy) is 1. The first kappa shape index (κ1) is 11.1. The van der Waals surface area contributed by atoms with Crippen molar-refractivity contribution in [2.45, 2.75) is 6.42 Å². The Morgan fingerprint density at radius 3 is 2.47 bits per heavy atom. The molecule has 1 aromatic carbocycles. The van der Waals surface area contributed by atoms with Crippen LogP contribution in [0.1, 0.15) is 6.42 Å². The van der Waals surface area contributed by atoms with E-state index in [1.165, 1.54) is 0 Å². The number of para-hydroxylation sites is 1. The zero-order chi connectivity index (χ0) is 10.7. The molecule has 1 saturated heterocycles. The van der Waals surface area contributed by atoms with Crippen molar-refractivity contribution in [3.05, 3.63) is 28.2 Å². The minimum atomic E-state index is 0.578. The summed E-state index contributed by atoms with van der Waals surface area (Å²) in [6.45, 7) is 2.87. The average molecular weight is 246 g/mol. The fourth-order valence-electron chi connectivity index (χ4n) is 1.50. The van der Waals surface area contributed by atoms with Crippen LogP contribution in [-0.2, 0) is 0 Å². The fraction of sp³-hybridized carbons (Fsp3) is 0.455. The van der Waals surface area contributed by atoms with Gasteiger partial charge in [-0.1, -0.05) is 29.3 Å². The summed E-state index contributed by atoms with van der Waals surface area (Å²) in [6, 6.07) is 5.38. The molecular formula is C11H13Cl2NO. The minimum absolute atomic E-state index is 0.578. The highest BCUT2D eigenvalue weighted by atomic mass is 35.5. The molecule has 0 radical (unpaired) electrons. The third kappa shape index (κ3) is 2.77. The van der Waals surface area contributed by atoms with Gasteiger partial charge in [0.1, 0.15) is 0 Å². The SMILES string of the molecule is Clc1cccc(Cl)c1OCCC1CNC1. The third-order valence-electron chi connectivity index (χ3n) is 2.56. The fourth-order valence-corrected chi connectivity index (χ4v) is 2.01. The molecule has 1 N–H and O–H groups in total. The molecule has 4 heteroatoms. The second-order valence-corrected chi connectivity index (χ2v) is 4.53. The Bertz CT molecular complexity index is 319. The van der Waals surface area contributed by atoms with Crippen LogP contribution in [0.4, 0.5) is 0 Å². The van der Waals surface area contributed by atoms with Crippen LogP contribution >= 0.6 is 23.2 Å². The first-order valence-corrected chi connectivity index (χ1v) is 5.80. The Kier molecular flexibility index (Phi) is 3.73. The molecule has 0 atom stereocenters. The van der Waals surface area contributed by atoms with Gasteiger partial charge in [0.05, 0.1) is 16.7 Å². The molecule has 1 aliphatic rings. The van der Waals surface area contributed by atoms with E-state index in [0.717, 1.165) is 25.4 Å². The zero-order valence-corrected chi connectivity index (χ0v) is 9.81. The van der Waals surface area contributed by atoms with Gasteiger partial charge in [0.2, 0.25) is 0 Å². The minimum Gasteiger partial charge on any atom is -0.490 e. The Morgan fingerprint density at radius 1 is 1.27 bits per heavy atom. The summed E-state index contributed by atoms with van der Waals surface area (Å²) in [5.74, 6) is 1.35. The number of rotatable bonds is 4. The van der Waals surface area contributed by atoms with Crippen molar-refractivity contribution in [2.24, 2.45) is 5.92 Å². The topological polar surface area (TPSA) is 21.3 Å². The number of hydrogen-bond donors (Lipinski definition) is 1. The largest absolute Gasteiger partial charge is 0.490 e. The van der Waals surface area contributed by atoms with E-state index in [4.69, 9.17) is 27.9 Å². The summed E-state index contributed by atoms with van der Waals surface area (Å²) in [5.41, 5.74) is 0. The molecule has 1 aliphatic heterocycles. The number of nitrogens with one attached hydrogen (secondary N) is 1. The Labute approximate surface area is 99.5 Å². The molecular weight excluding hydrogens is 233 g/mol. The molecule has 1 fully saturated rings. The van der Waals surface area contributed by atoms with E-state index in [0.29, 0.717) is 22.4 Å². The van der Waals surface area contributed by atoms with Gasteiger partial charge in [-0.25, -0.2) is 0 Å². The third-order valence-corrected chi connectivity index (χ3v) is 3.15. The van der Waals surface area contributed by atoms with E-state index in [9.17, 15) is 0 Å². The van der Waals surface area contributed by atoms with Crippen LogP contribution in [0.25, 0.3) is 0 Å². The maximum atomic E-state index is 5.97. The molecule has 82 valence electrons. The molecule has 1 heterocycles. The van der Waals surface area contributed by atoms with E-state index in [1.807, 2.05) is 6.07 Å². The van der Waals surface area contributed by atoms with Crippen LogP contribution in [0.2, 0.25) is 10.0 Å². The lowest BCUT2D eigenvalue weighted by molar-refractivity contribution is 0.238. The Morgan fingerprint density at radius 2 is 1.93 bits per heavy atom. The van der Waals surface area contributed by atoms with E-state index in [2.05, 4.69) is 5.32 Å². The van der Waals surface area contributed by atoms with Gasteiger partial charge < -0.3 is 10.1 Å². The summed E-state index contributed by atoms with van der Waals surface area (Å²) in [4.78, 5) is 0. The molecule has 0 aromatic heterocycles. The standard InChI is InChI=1S/C11H13Cl2NO/c12-9-2-1-3-10(13)11(9)15-5-4-8-6-14-7-8/h1-3,8,14H,4-7H2. The van der Waals surface area contributed by atoms with E-state index < -0.39 is 0 Å². The molecule has 0 amide bonds. The van der Waals surface area contributed by atoms with Crippen LogP contribution < -0.4 is 10.1 Å². The molecule has 0 unspecified atom stereocenters. The quantitative estimate of drug-likeness (QED) is 0.881. The average Bonchev–Trinajstić information content (AvgIpc) is 2.13. The molecule has 2 nitrogen and oxygen atoms in total. The second-order valence-electron chi connectivity index (χ2n) is 3.71. The van der Waals surface area contributed by atoms with Gasteiger partial charge in [0.25, 0.3) is 0 Å². The van der Waals surface area contributed by atoms with Gasteiger partial charge in [0, 0.05) is 0 Å². The highest BCUT2D eigenvalue weighted by Gasteiger charge is 2.16. The van der Waals surface area contributed by atoms with Crippen molar-refractivity contribution in [2.75, 3.05) is 19.7 Å². The lowest BCUT2D eigenvalue weighted by Gasteiger charge is -2.26. The molecule has 2 rings (SSSR count). The first-order valence-electron chi connectivity index (χ1n) is 5.05. The lowest BCUT2D eigenvalue weighted by Crippen LogP contribution is -2.42. The van der Waals surface area contributed by atoms with Crippen LogP contribution in [0.15, 0.2) is 18.2 Å². The Hall–Kier alpha value is -0.440. The van der Waals surface area contributed by atoms with E-state index in [1.54, 1.807) is 12.1 Å². The molecule has 1 aromatic rings. The maximum Gasteiger partial charge on any atom is 0.156 e. The number of halogens is 2. The molecule has 0 saturated carbocycles. The normalized spacial score (nSPS) is 16.1. The van der Waals surface area contributed by atoms with Crippen molar-refractivity contribution in [1.82, 2.24) is 5.32 Å². The van der Waals surface area contributed by atoms with Crippen LogP contribution in [0.3, 0.4) is 0 Å². The molecule has 0 bridgehead atoms. The van der Waals surface area contributed by atoms with Gasteiger partial charge in [-0.2, -0.15) is 0 Å². The smallest absolute Gasteiger partial charge is 0.156 e. The van der Waals surface area contributed by atoms with Gasteiger partial charge >= 0.3 is 0 Å². The highest BCUT2D eigenvalue weighted by molar-refractivity contribution is 6.37. The van der Waals surface area contributed by atoms with Gasteiger partial charge in [-0.15, -0.1) is 0 Å². The van der Waals surface area contributed by atoms with Crippen molar-refractivity contribution in [1.29, 1.82) is 0 Å². The van der Waals surface area contributed by atoms with Gasteiger partial charge in [0.15, 0.2) is 5.75 Å². The zero-order valence-electron chi connectivity index (χ0n) is 8.30. The van der Waals surface area contributed by atoms with Crippen LogP contribution in [-0.4, -0.2) is 19.7 Å². The second kappa shape index (κ2) is 5.06. The molecule has 15 heavy (non-hydrogen) atoms. The predicted molar refractivity (Wildman–Crippen MR) is 62.9 cm³/mol. The summed E-state index contributed by atoms with van der Waals surface area (Å²) >= 11 is 11.9. The first-order chi connectivity index (χ1) is 7.27. The summed E-state index contributed by atoms with van der Waals surface area (Å²) in [7, 11) is 0. The molecule has 0 spiro atoms. The van der Waals surface area contributed by atoms with E-state index >= 15 is 0 Å². The van der Waals surface area contributed by atoms with Crippen molar-refractivity contribution in [3.8, 4) is 5.75 Å². The number of benzene rings is 1. The lowest BCUT2D eigenvalue weighted by atomic mass is 10.0. The summed E-state index contributed by atoms with van der Waals surface area (Å²) < 4.78 is 5.58. The molecule has 0 aliphatic carbocycles. The van der Waals surface area contributed by atoms with Crippen molar-refractivity contribution < 1.29 is 4.74 Å². The summed E-state index contributed by atoms with van der Waals surface area (Å²) in [6.07, 6.45) is 1.05. The van der Waals surface area contributed by atoms with Crippen molar-refractivity contribution in [3.63, 3.8) is 0 Å². The van der Waals surface area contributed by atoms with Crippen LogP contribution in [0, 0.1) is 5.92 Å². The Balaban J connectivity index is 1.86. The van der Waals surface area contributed by atoms with E-state index in [-0.39, 0.29) is 0 Å². The number of hydrogen-bond acceptors (Lipinski definition) is 2. The summed E-state index contributed by atoms with van der Waals surface area (Å²) in [5, 5.41) is 4.38. The monoisotopic (exact) mass is 245 g/mol. The van der Waals surface area contributed by atoms with Crippen molar-refractivity contribution >= 4 is 23.2 Å².